The molecule has 0 radical (unpaired) electrons. The van der Waals surface area contributed by atoms with Gasteiger partial charge in [-0.05, 0) is 43.5 Å². The van der Waals surface area contributed by atoms with Gasteiger partial charge in [0.05, 0.1) is 18.0 Å². The molecule has 0 aliphatic carbocycles. The lowest BCUT2D eigenvalue weighted by atomic mass is 10.0. The summed E-state index contributed by atoms with van der Waals surface area (Å²) in [6.45, 7) is 9.46. The Morgan fingerprint density at radius 3 is 2.84 bits per heavy atom. The zero-order valence-electron chi connectivity index (χ0n) is 15.4. The molecule has 2 heterocycles. The average molecular weight is 338 g/mol. The number of nitrogens with one attached hydrogen (secondary N) is 2. The van der Waals surface area contributed by atoms with Crippen LogP contribution in [0.5, 0.6) is 0 Å². The first-order chi connectivity index (χ1) is 12.0. The number of hydrogen-bond donors (Lipinski definition) is 2. The number of aromatic amines is 1. The van der Waals surface area contributed by atoms with Crippen LogP contribution in [0.15, 0.2) is 30.6 Å². The summed E-state index contributed by atoms with van der Waals surface area (Å²) in [4.78, 5) is 16.0. The Balaban J connectivity index is 1.75. The third-order valence-corrected chi connectivity index (χ3v) is 4.77. The second-order valence-electron chi connectivity index (χ2n) is 6.78. The van der Waals surface area contributed by atoms with Crippen molar-refractivity contribution < 1.29 is 4.79 Å². The Hall–Kier alpha value is -2.56. The predicted molar refractivity (Wildman–Crippen MR) is 100 cm³/mol. The minimum Gasteiger partial charge on any atom is -0.358 e. The SMILES string of the molecule is CCc1[nH]c2c(CNC(=O)[C@@H](C)Cn3cccn3)cc(C)cc2c1C. The molecule has 2 aromatic heterocycles. The van der Waals surface area contributed by atoms with E-state index in [-0.39, 0.29) is 11.8 Å². The molecule has 0 aliphatic heterocycles. The number of fused-ring (bicyclic) bond motifs is 1. The van der Waals surface area contributed by atoms with Gasteiger partial charge in [-0.1, -0.05) is 25.5 Å². The summed E-state index contributed by atoms with van der Waals surface area (Å²) < 4.78 is 1.79. The monoisotopic (exact) mass is 338 g/mol. The van der Waals surface area contributed by atoms with Gasteiger partial charge in [-0.15, -0.1) is 0 Å². The zero-order valence-corrected chi connectivity index (χ0v) is 15.4. The molecule has 3 rings (SSSR count). The lowest BCUT2D eigenvalue weighted by Crippen LogP contribution is -2.31. The maximum absolute atomic E-state index is 12.4. The first kappa shape index (κ1) is 17.3. The molecule has 0 fully saturated rings. The van der Waals surface area contributed by atoms with E-state index in [0.717, 1.165) is 17.5 Å². The van der Waals surface area contributed by atoms with Crippen molar-refractivity contribution in [2.45, 2.75) is 47.2 Å². The highest BCUT2D eigenvalue weighted by Gasteiger charge is 2.15. The molecule has 0 saturated carbocycles. The summed E-state index contributed by atoms with van der Waals surface area (Å²) >= 11 is 0. The maximum Gasteiger partial charge on any atom is 0.224 e. The first-order valence-corrected chi connectivity index (χ1v) is 8.85. The summed E-state index contributed by atoms with van der Waals surface area (Å²) in [6.07, 6.45) is 4.58. The fourth-order valence-corrected chi connectivity index (χ4v) is 3.33. The highest BCUT2D eigenvalue weighted by atomic mass is 16.1. The van der Waals surface area contributed by atoms with Gasteiger partial charge in [-0.3, -0.25) is 9.48 Å². The number of carbonyl (C=O) groups excluding carboxylic acids is 1. The van der Waals surface area contributed by atoms with Gasteiger partial charge in [0.25, 0.3) is 0 Å². The molecule has 0 saturated heterocycles. The van der Waals surface area contributed by atoms with Gasteiger partial charge in [0, 0.05) is 30.0 Å². The van der Waals surface area contributed by atoms with E-state index in [9.17, 15) is 4.79 Å². The zero-order chi connectivity index (χ0) is 18.0. The van der Waals surface area contributed by atoms with Gasteiger partial charge in [0.2, 0.25) is 5.91 Å². The van der Waals surface area contributed by atoms with E-state index in [1.807, 2.05) is 19.2 Å². The van der Waals surface area contributed by atoms with Crippen molar-refractivity contribution >= 4 is 16.8 Å². The smallest absolute Gasteiger partial charge is 0.224 e. The maximum atomic E-state index is 12.4. The molecule has 25 heavy (non-hydrogen) atoms. The van der Waals surface area contributed by atoms with E-state index in [4.69, 9.17) is 0 Å². The van der Waals surface area contributed by atoms with E-state index in [0.29, 0.717) is 13.1 Å². The standard InChI is InChI=1S/C20H26N4O/c1-5-18-15(4)17-10-13(2)9-16(19(17)23-18)11-21-20(25)14(3)12-24-8-6-7-22-24/h6-10,14,23H,5,11-12H2,1-4H3,(H,21,25)/t14-/m0/s1. The lowest BCUT2D eigenvalue weighted by Gasteiger charge is -2.13. The van der Waals surface area contributed by atoms with Crippen LogP contribution in [0.2, 0.25) is 0 Å². The van der Waals surface area contributed by atoms with Crippen molar-refractivity contribution in [1.82, 2.24) is 20.1 Å². The molecule has 0 bridgehead atoms. The van der Waals surface area contributed by atoms with E-state index in [1.165, 1.54) is 22.2 Å². The summed E-state index contributed by atoms with van der Waals surface area (Å²) in [5.74, 6) is -0.0825. The van der Waals surface area contributed by atoms with Crippen LogP contribution in [-0.4, -0.2) is 20.7 Å². The van der Waals surface area contributed by atoms with Crippen molar-refractivity contribution in [3.63, 3.8) is 0 Å². The Kier molecular flexibility index (Phi) is 4.93. The summed E-state index contributed by atoms with van der Waals surface area (Å²) in [5.41, 5.74) is 6.06. The molecule has 3 aromatic rings. The van der Waals surface area contributed by atoms with Gasteiger partial charge >= 0.3 is 0 Å². The van der Waals surface area contributed by atoms with Crippen LogP contribution >= 0.6 is 0 Å². The Morgan fingerprint density at radius 1 is 1.36 bits per heavy atom. The average Bonchev–Trinajstić information content (AvgIpc) is 3.20. The number of nitrogens with zero attached hydrogens (tertiary/aromatic N) is 2. The van der Waals surface area contributed by atoms with Crippen molar-refractivity contribution in [2.75, 3.05) is 0 Å². The number of benzene rings is 1. The fourth-order valence-electron chi connectivity index (χ4n) is 3.33. The molecule has 1 atom stereocenters. The van der Waals surface area contributed by atoms with Crippen LogP contribution in [0, 0.1) is 19.8 Å². The Labute approximate surface area is 148 Å². The first-order valence-electron chi connectivity index (χ1n) is 8.85. The van der Waals surface area contributed by atoms with Gasteiger partial charge in [-0.2, -0.15) is 5.10 Å². The Morgan fingerprint density at radius 2 is 2.16 bits per heavy atom. The van der Waals surface area contributed by atoms with E-state index >= 15 is 0 Å². The summed E-state index contributed by atoms with van der Waals surface area (Å²) in [5, 5.41) is 8.50. The number of H-pyrrole nitrogens is 1. The molecular weight excluding hydrogens is 312 g/mol. The van der Waals surface area contributed by atoms with Crippen LogP contribution in [0.25, 0.3) is 10.9 Å². The van der Waals surface area contributed by atoms with Crippen molar-refractivity contribution in [2.24, 2.45) is 5.92 Å². The quantitative estimate of drug-likeness (QED) is 0.722. The molecule has 2 N–H and O–H groups in total. The van der Waals surface area contributed by atoms with E-state index < -0.39 is 0 Å². The third-order valence-electron chi connectivity index (χ3n) is 4.77. The molecule has 0 aliphatic rings. The predicted octanol–water partition coefficient (Wildman–Crippen LogP) is 3.50. The van der Waals surface area contributed by atoms with Crippen LogP contribution < -0.4 is 5.32 Å². The van der Waals surface area contributed by atoms with Gasteiger partial charge in [0.15, 0.2) is 0 Å². The highest BCUT2D eigenvalue weighted by molar-refractivity contribution is 5.88. The number of rotatable bonds is 6. The van der Waals surface area contributed by atoms with Crippen molar-refractivity contribution in [1.29, 1.82) is 0 Å². The molecule has 1 amide bonds. The third kappa shape index (κ3) is 3.60. The largest absolute Gasteiger partial charge is 0.358 e. The van der Waals surface area contributed by atoms with Crippen molar-refractivity contribution in [3.05, 3.63) is 53.0 Å². The van der Waals surface area contributed by atoms with Gasteiger partial charge < -0.3 is 10.3 Å². The number of aryl methyl sites for hydroxylation is 3. The molecule has 1 aromatic carbocycles. The number of carbonyl (C=O) groups is 1. The molecule has 132 valence electrons. The molecule has 5 heteroatoms. The van der Waals surface area contributed by atoms with Crippen LogP contribution in [0.1, 0.15) is 36.2 Å². The van der Waals surface area contributed by atoms with Gasteiger partial charge in [-0.25, -0.2) is 0 Å². The van der Waals surface area contributed by atoms with Crippen LogP contribution in [-0.2, 0) is 24.3 Å². The fraction of sp³-hybridized carbons (Fsp3) is 0.400. The highest BCUT2D eigenvalue weighted by Crippen LogP contribution is 2.26. The minimum absolute atomic E-state index is 0.0455. The normalized spacial score (nSPS) is 12.5. The van der Waals surface area contributed by atoms with Crippen molar-refractivity contribution in [3.8, 4) is 0 Å². The number of aromatic nitrogens is 3. The second kappa shape index (κ2) is 7.13. The number of amides is 1. The van der Waals surface area contributed by atoms with E-state index in [1.54, 1.807) is 10.9 Å². The van der Waals surface area contributed by atoms with Crippen LogP contribution in [0.3, 0.4) is 0 Å². The second-order valence-corrected chi connectivity index (χ2v) is 6.78. The summed E-state index contributed by atoms with van der Waals surface area (Å²) in [6, 6.07) is 6.23. The summed E-state index contributed by atoms with van der Waals surface area (Å²) in [7, 11) is 0. The molecular formula is C20H26N4O. The van der Waals surface area contributed by atoms with Crippen LogP contribution in [0.4, 0.5) is 0 Å². The molecule has 0 unspecified atom stereocenters. The lowest BCUT2D eigenvalue weighted by molar-refractivity contribution is -0.125. The molecule has 5 nitrogen and oxygen atoms in total. The Bertz CT molecular complexity index is 877. The number of hydrogen-bond acceptors (Lipinski definition) is 2. The minimum atomic E-state index is -0.128. The molecule has 0 spiro atoms. The topological polar surface area (TPSA) is 62.7 Å². The van der Waals surface area contributed by atoms with Gasteiger partial charge in [0.1, 0.15) is 0 Å². The van der Waals surface area contributed by atoms with E-state index in [2.05, 4.69) is 48.3 Å².